The van der Waals surface area contributed by atoms with Crippen LogP contribution in [0.4, 0.5) is 0 Å². The van der Waals surface area contributed by atoms with Gasteiger partial charge in [-0.25, -0.2) is 0 Å². The minimum Gasteiger partial charge on any atom is -0.341 e. The van der Waals surface area contributed by atoms with Crippen molar-refractivity contribution in [3.8, 4) is 0 Å². The SMILES string of the molecule is CCc1nn(C)c(CC)c1CN[C@H]1CCN(C(=O)C(C)C)C1. The van der Waals surface area contributed by atoms with E-state index in [1.165, 1.54) is 17.0 Å². The summed E-state index contributed by atoms with van der Waals surface area (Å²) in [6.07, 6.45) is 3.01. The predicted molar refractivity (Wildman–Crippen MR) is 88.6 cm³/mol. The second-order valence-electron chi connectivity index (χ2n) is 6.51. The summed E-state index contributed by atoms with van der Waals surface area (Å²) < 4.78 is 2.01. The quantitative estimate of drug-likeness (QED) is 0.873. The predicted octanol–water partition coefficient (Wildman–Crippen LogP) is 1.89. The van der Waals surface area contributed by atoms with Crippen LogP contribution in [0.5, 0.6) is 0 Å². The Hall–Kier alpha value is -1.36. The van der Waals surface area contributed by atoms with Gasteiger partial charge in [0.05, 0.1) is 5.69 Å². The molecule has 2 heterocycles. The molecule has 1 aliphatic rings. The van der Waals surface area contributed by atoms with Crippen molar-refractivity contribution < 1.29 is 4.79 Å². The van der Waals surface area contributed by atoms with Gasteiger partial charge in [-0.15, -0.1) is 0 Å². The molecule has 5 nitrogen and oxygen atoms in total. The highest BCUT2D eigenvalue weighted by Gasteiger charge is 2.27. The van der Waals surface area contributed by atoms with Gasteiger partial charge in [-0.2, -0.15) is 5.10 Å². The first-order valence-electron chi connectivity index (χ1n) is 8.53. The lowest BCUT2D eigenvalue weighted by molar-refractivity contribution is -0.133. The fourth-order valence-corrected chi connectivity index (χ4v) is 3.33. The molecular formula is C17H30N4O. The molecule has 1 amide bonds. The average molecular weight is 306 g/mol. The number of carbonyl (C=O) groups excluding carboxylic acids is 1. The van der Waals surface area contributed by atoms with E-state index in [-0.39, 0.29) is 11.8 Å². The van der Waals surface area contributed by atoms with Crippen LogP contribution in [-0.2, 0) is 31.2 Å². The van der Waals surface area contributed by atoms with Gasteiger partial charge in [-0.05, 0) is 19.3 Å². The number of amides is 1. The van der Waals surface area contributed by atoms with Gasteiger partial charge in [0.1, 0.15) is 0 Å². The first-order chi connectivity index (χ1) is 10.5. The molecule has 0 unspecified atom stereocenters. The highest BCUT2D eigenvalue weighted by molar-refractivity contribution is 5.78. The van der Waals surface area contributed by atoms with Crippen molar-refractivity contribution in [2.45, 2.75) is 59.5 Å². The molecule has 2 rings (SSSR count). The maximum Gasteiger partial charge on any atom is 0.225 e. The summed E-state index contributed by atoms with van der Waals surface area (Å²) in [6.45, 7) is 10.8. The van der Waals surface area contributed by atoms with Crippen molar-refractivity contribution in [3.05, 3.63) is 17.0 Å². The molecular weight excluding hydrogens is 276 g/mol. The van der Waals surface area contributed by atoms with Crippen LogP contribution in [-0.4, -0.2) is 39.7 Å². The highest BCUT2D eigenvalue weighted by atomic mass is 16.2. The van der Waals surface area contributed by atoms with Crippen LogP contribution < -0.4 is 5.32 Å². The summed E-state index contributed by atoms with van der Waals surface area (Å²) in [7, 11) is 2.03. The van der Waals surface area contributed by atoms with E-state index in [1.54, 1.807) is 0 Å². The molecule has 0 spiro atoms. The molecule has 0 aliphatic carbocycles. The summed E-state index contributed by atoms with van der Waals surface area (Å²) in [4.78, 5) is 14.0. The third kappa shape index (κ3) is 3.51. The molecule has 1 N–H and O–H groups in total. The fraction of sp³-hybridized carbons (Fsp3) is 0.765. The maximum absolute atomic E-state index is 12.1. The zero-order valence-corrected chi connectivity index (χ0v) is 14.6. The van der Waals surface area contributed by atoms with Crippen LogP contribution >= 0.6 is 0 Å². The van der Waals surface area contributed by atoms with Crippen molar-refractivity contribution in [3.63, 3.8) is 0 Å². The Bertz CT molecular complexity index is 521. The van der Waals surface area contributed by atoms with Gasteiger partial charge in [-0.3, -0.25) is 9.48 Å². The zero-order valence-electron chi connectivity index (χ0n) is 14.6. The van der Waals surface area contributed by atoms with E-state index in [0.29, 0.717) is 6.04 Å². The molecule has 0 saturated carbocycles. The number of aryl methyl sites for hydroxylation is 2. The molecule has 0 radical (unpaired) electrons. The van der Waals surface area contributed by atoms with Crippen LogP contribution in [0.15, 0.2) is 0 Å². The Morgan fingerprint density at radius 2 is 2.09 bits per heavy atom. The van der Waals surface area contributed by atoms with Crippen LogP contribution in [0.2, 0.25) is 0 Å². The number of aromatic nitrogens is 2. The van der Waals surface area contributed by atoms with Crippen LogP contribution in [0.3, 0.4) is 0 Å². The lowest BCUT2D eigenvalue weighted by Gasteiger charge is -2.19. The zero-order chi connectivity index (χ0) is 16.3. The second kappa shape index (κ2) is 7.27. The third-order valence-electron chi connectivity index (χ3n) is 4.59. The van der Waals surface area contributed by atoms with E-state index in [0.717, 1.165) is 38.9 Å². The monoisotopic (exact) mass is 306 g/mol. The number of likely N-dealkylation sites (tertiary alicyclic amines) is 1. The summed E-state index contributed by atoms with van der Waals surface area (Å²) >= 11 is 0. The lowest BCUT2D eigenvalue weighted by atomic mass is 10.1. The minimum atomic E-state index is 0.0930. The molecule has 22 heavy (non-hydrogen) atoms. The van der Waals surface area contributed by atoms with Crippen LogP contribution in [0, 0.1) is 5.92 Å². The van der Waals surface area contributed by atoms with Crippen molar-refractivity contribution >= 4 is 5.91 Å². The van der Waals surface area contributed by atoms with Crippen molar-refractivity contribution in [2.75, 3.05) is 13.1 Å². The van der Waals surface area contributed by atoms with E-state index >= 15 is 0 Å². The highest BCUT2D eigenvalue weighted by Crippen LogP contribution is 2.17. The minimum absolute atomic E-state index is 0.0930. The van der Waals surface area contributed by atoms with Crippen molar-refractivity contribution in [1.82, 2.24) is 20.0 Å². The topological polar surface area (TPSA) is 50.2 Å². The molecule has 5 heteroatoms. The summed E-state index contributed by atoms with van der Waals surface area (Å²) in [6, 6.07) is 0.400. The number of rotatable bonds is 6. The Kier molecular flexibility index (Phi) is 5.62. The van der Waals surface area contributed by atoms with Crippen molar-refractivity contribution in [1.29, 1.82) is 0 Å². The molecule has 1 fully saturated rings. The first-order valence-corrected chi connectivity index (χ1v) is 8.53. The lowest BCUT2D eigenvalue weighted by Crippen LogP contribution is -2.36. The molecule has 1 saturated heterocycles. The molecule has 1 aromatic rings. The fourth-order valence-electron chi connectivity index (χ4n) is 3.33. The smallest absolute Gasteiger partial charge is 0.225 e. The van der Waals surface area contributed by atoms with E-state index < -0.39 is 0 Å². The third-order valence-corrected chi connectivity index (χ3v) is 4.59. The van der Waals surface area contributed by atoms with Gasteiger partial charge in [0.15, 0.2) is 0 Å². The van der Waals surface area contributed by atoms with E-state index in [4.69, 9.17) is 0 Å². The molecule has 0 aromatic carbocycles. The van der Waals surface area contributed by atoms with E-state index in [1.807, 2.05) is 30.5 Å². The summed E-state index contributed by atoms with van der Waals surface area (Å²) in [5.74, 6) is 0.365. The maximum atomic E-state index is 12.1. The first kappa shape index (κ1) is 17.0. The Morgan fingerprint density at radius 3 is 2.68 bits per heavy atom. The normalized spacial score (nSPS) is 18.5. The number of carbonyl (C=O) groups is 1. The van der Waals surface area contributed by atoms with Gasteiger partial charge < -0.3 is 10.2 Å². The Balaban J connectivity index is 1.96. The molecule has 1 aromatic heterocycles. The van der Waals surface area contributed by atoms with E-state index in [2.05, 4.69) is 24.3 Å². The number of nitrogens with one attached hydrogen (secondary N) is 1. The van der Waals surface area contributed by atoms with Gasteiger partial charge >= 0.3 is 0 Å². The second-order valence-corrected chi connectivity index (χ2v) is 6.51. The standard InChI is InChI=1S/C17H30N4O/c1-6-15-14(16(7-2)20(5)19-15)10-18-13-8-9-21(11-13)17(22)12(3)4/h12-13,18H,6-11H2,1-5H3/t13-/m0/s1. The van der Waals surface area contributed by atoms with E-state index in [9.17, 15) is 4.79 Å². The molecule has 124 valence electrons. The molecule has 1 aliphatic heterocycles. The Morgan fingerprint density at radius 1 is 1.36 bits per heavy atom. The molecule has 0 bridgehead atoms. The summed E-state index contributed by atoms with van der Waals surface area (Å²) in [5, 5.41) is 8.26. The largest absolute Gasteiger partial charge is 0.341 e. The van der Waals surface area contributed by atoms with Gasteiger partial charge in [-0.1, -0.05) is 27.7 Å². The number of hydrogen-bond donors (Lipinski definition) is 1. The van der Waals surface area contributed by atoms with Gasteiger partial charge in [0.2, 0.25) is 5.91 Å². The summed E-state index contributed by atoms with van der Waals surface area (Å²) in [5.41, 5.74) is 3.86. The number of hydrogen-bond acceptors (Lipinski definition) is 3. The van der Waals surface area contributed by atoms with Crippen LogP contribution in [0.25, 0.3) is 0 Å². The average Bonchev–Trinajstić information content (AvgIpc) is 3.07. The Labute approximate surface area is 134 Å². The van der Waals surface area contributed by atoms with Crippen LogP contribution in [0.1, 0.15) is 51.1 Å². The van der Waals surface area contributed by atoms with Gasteiger partial charge in [0, 0.05) is 49.9 Å². The molecule has 1 atom stereocenters. The number of nitrogens with zero attached hydrogens (tertiary/aromatic N) is 3. The van der Waals surface area contributed by atoms with Gasteiger partial charge in [0.25, 0.3) is 0 Å². The van der Waals surface area contributed by atoms with Crippen molar-refractivity contribution in [2.24, 2.45) is 13.0 Å².